The van der Waals surface area contributed by atoms with E-state index >= 15 is 0 Å². The van der Waals surface area contributed by atoms with E-state index in [1.54, 1.807) is 12.1 Å². The van der Waals surface area contributed by atoms with Crippen LogP contribution in [0.4, 0.5) is 0 Å². The van der Waals surface area contributed by atoms with Crippen LogP contribution in [-0.4, -0.2) is 64.9 Å². The molecule has 1 aliphatic heterocycles. The zero-order chi connectivity index (χ0) is 22.2. The Kier molecular flexibility index (Phi) is 6.16. The summed E-state index contributed by atoms with van der Waals surface area (Å²) in [6.45, 7) is 7.51. The number of hydrogen-bond acceptors (Lipinski definition) is 5. The molecule has 0 bridgehead atoms. The first-order valence-corrected chi connectivity index (χ1v) is 12.6. The highest BCUT2D eigenvalue weighted by Crippen LogP contribution is 2.38. The molecule has 1 aliphatic carbocycles. The third-order valence-corrected chi connectivity index (χ3v) is 8.46. The monoisotopic (exact) mass is 445 g/mol. The van der Waals surface area contributed by atoms with Crippen LogP contribution in [0.25, 0.3) is 0 Å². The van der Waals surface area contributed by atoms with Crippen LogP contribution in [0.3, 0.4) is 0 Å². The number of aryl methyl sites for hydroxylation is 1. The summed E-state index contributed by atoms with van der Waals surface area (Å²) in [6, 6.07) is 4.85. The molecule has 2 fully saturated rings. The summed E-state index contributed by atoms with van der Waals surface area (Å²) in [6.07, 6.45) is 3.99. The van der Waals surface area contributed by atoms with Crippen molar-refractivity contribution in [2.75, 3.05) is 26.2 Å². The van der Waals surface area contributed by atoms with Crippen molar-refractivity contribution >= 4 is 15.9 Å². The molecule has 2 aliphatic rings. The molecule has 168 valence electrons. The van der Waals surface area contributed by atoms with E-state index in [0.717, 1.165) is 30.1 Å². The molecule has 1 saturated carbocycles. The molecule has 2 heterocycles. The van der Waals surface area contributed by atoms with Crippen LogP contribution in [0.5, 0.6) is 0 Å². The van der Waals surface area contributed by atoms with Gasteiger partial charge < -0.3 is 4.90 Å². The summed E-state index contributed by atoms with van der Waals surface area (Å²) in [5, 5.41) is 7.44. The Bertz CT molecular complexity index is 1050. The SMILES string of the molecule is CCN(CC)S(=O)(=O)c1ccc(C)c(C(=O)N2CCC(c3nc(C4CC4)n[nH]3)CC2)c1. The lowest BCUT2D eigenvalue weighted by Crippen LogP contribution is -2.38. The molecule has 0 unspecified atom stereocenters. The van der Waals surface area contributed by atoms with Gasteiger partial charge in [-0.2, -0.15) is 9.40 Å². The fourth-order valence-corrected chi connectivity index (χ4v) is 5.71. The lowest BCUT2D eigenvalue weighted by molar-refractivity contribution is 0.0710. The predicted molar refractivity (Wildman–Crippen MR) is 118 cm³/mol. The third kappa shape index (κ3) is 4.39. The maximum absolute atomic E-state index is 13.2. The molecule has 1 aromatic heterocycles. The molecule has 4 rings (SSSR count). The Hall–Kier alpha value is -2.26. The molecule has 8 nitrogen and oxygen atoms in total. The van der Waals surface area contributed by atoms with Crippen LogP contribution in [0.1, 0.15) is 78.9 Å². The van der Waals surface area contributed by atoms with E-state index in [-0.39, 0.29) is 16.7 Å². The highest BCUT2D eigenvalue weighted by Gasteiger charge is 2.31. The molecule has 2 aromatic rings. The van der Waals surface area contributed by atoms with Gasteiger partial charge in [0.05, 0.1) is 4.90 Å². The molecule has 0 atom stereocenters. The maximum atomic E-state index is 13.2. The van der Waals surface area contributed by atoms with Crippen molar-refractivity contribution in [1.82, 2.24) is 24.4 Å². The van der Waals surface area contributed by atoms with E-state index in [1.165, 1.54) is 23.2 Å². The number of benzene rings is 1. The van der Waals surface area contributed by atoms with Crippen molar-refractivity contribution in [2.24, 2.45) is 0 Å². The zero-order valence-corrected chi connectivity index (χ0v) is 19.3. The summed E-state index contributed by atoms with van der Waals surface area (Å²) in [7, 11) is -3.61. The van der Waals surface area contributed by atoms with Gasteiger partial charge in [0.25, 0.3) is 5.91 Å². The van der Waals surface area contributed by atoms with Crippen LogP contribution < -0.4 is 0 Å². The van der Waals surface area contributed by atoms with E-state index in [0.29, 0.717) is 37.7 Å². The van der Waals surface area contributed by atoms with Gasteiger partial charge in [-0.1, -0.05) is 19.9 Å². The van der Waals surface area contributed by atoms with E-state index in [4.69, 9.17) is 0 Å². The quantitative estimate of drug-likeness (QED) is 0.706. The van der Waals surface area contributed by atoms with Gasteiger partial charge in [0.1, 0.15) is 5.82 Å². The van der Waals surface area contributed by atoms with E-state index in [2.05, 4.69) is 15.2 Å². The standard InChI is InChI=1S/C22H31N5O3S/c1-4-27(5-2)31(29,30)18-9-6-15(3)19(14-18)22(28)26-12-10-17(11-13-26)21-23-20(24-25-21)16-7-8-16/h6,9,14,16-17H,4-5,7-8,10-13H2,1-3H3,(H,23,24,25). The Morgan fingerprint density at radius 2 is 1.81 bits per heavy atom. The molecular weight excluding hydrogens is 414 g/mol. The number of carbonyl (C=O) groups is 1. The largest absolute Gasteiger partial charge is 0.339 e. The first-order chi connectivity index (χ1) is 14.8. The smallest absolute Gasteiger partial charge is 0.254 e. The number of rotatable bonds is 7. The molecule has 1 saturated heterocycles. The minimum Gasteiger partial charge on any atom is -0.339 e. The van der Waals surface area contributed by atoms with Gasteiger partial charge in [0, 0.05) is 43.6 Å². The average molecular weight is 446 g/mol. The number of aromatic nitrogens is 3. The number of amides is 1. The predicted octanol–water partition coefficient (Wildman–Crippen LogP) is 3.04. The van der Waals surface area contributed by atoms with Crippen LogP contribution in [0, 0.1) is 6.92 Å². The van der Waals surface area contributed by atoms with E-state index in [1.807, 2.05) is 25.7 Å². The zero-order valence-electron chi connectivity index (χ0n) is 18.5. The Labute approximate surface area is 184 Å². The Morgan fingerprint density at radius 3 is 2.42 bits per heavy atom. The number of nitrogens with zero attached hydrogens (tertiary/aromatic N) is 4. The van der Waals surface area contributed by atoms with Gasteiger partial charge in [-0.25, -0.2) is 13.4 Å². The lowest BCUT2D eigenvalue weighted by atomic mass is 9.95. The number of hydrogen-bond donors (Lipinski definition) is 1. The van der Waals surface area contributed by atoms with Crippen LogP contribution in [0.2, 0.25) is 0 Å². The Balaban J connectivity index is 1.47. The van der Waals surface area contributed by atoms with Gasteiger partial charge >= 0.3 is 0 Å². The van der Waals surface area contributed by atoms with Crippen molar-refractivity contribution in [3.8, 4) is 0 Å². The first-order valence-electron chi connectivity index (χ1n) is 11.2. The number of piperidine rings is 1. The van der Waals surface area contributed by atoms with Gasteiger partial charge in [0.2, 0.25) is 10.0 Å². The summed E-state index contributed by atoms with van der Waals surface area (Å²) in [5.74, 6) is 2.55. The number of aromatic amines is 1. The fourth-order valence-electron chi connectivity index (χ4n) is 4.23. The Morgan fingerprint density at radius 1 is 1.13 bits per heavy atom. The number of likely N-dealkylation sites (tertiary alicyclic amines) is 1. The second-order valence-electron chi connectivity index (χ2n) is 8.49. The maximum Gasteiger partial charge on any atom is 0.254 e. The van der Waals surface area contributed by atoms with E-state index < -0.39 is 10.0 Å². The van der Waals surface area contributed by atoms with Crippen molar-refractivity contribution in [3.05, 3.63) is 41.0 Å². The van der Waals surface area contributed by atoms with Crippen molar-refractivity contribution < 1.29 is 13.2 Å². The molecule has 1 aromatic carbocycles. The number of nitrogens with one attached hydrogen (secondary N) is 1. The van der Waals surface area contributed by atoms with Gasteiger partial charge in [-0.05, 0) is 50.3 Å². The van der Waals surface area contributed by atoms with Gasteiger partial charge in [-0.3, -0.25) is 9.89 Å². The van der Waals surface area contributed by atoms with E-state index in [9.17, 15) is 13.2 Å². The molecule has 9 heteroatoms. The minimum atomic E-state index is -3.61. The third-order valence-electron chi connectivity index (χ3n) is 6.41. The van der Waals surface area contributed by atoms with Crippen molar-refractivity contribution in [3.63, 3.8) is 0 Å². The van der Waals surface area contributed by atoms with Gasteiger partial charge in [-0.15, -0.1) is 0 Å². The molecular formula is C22H31N5O3S. The first kappa shape index (κ1) is 22.0. The molecule has 1 amide bonds. The summed E-state index contributed by atoms with van der Waals surface area (Å²) in [5.41, 5.74) is 1.25. The summed E-state index contributed by atoms with van der Waals surface area (Å²) in [4.78, 5) is 19.9. The normalized spacial score (nSPS) is 18.0. The van der Waals surface area contributed by atoms with Crippen molar-refractivity contribution in [2.45, 2.75) is 63.2 Å². The number of carbonyl (C=O) groups excluding carboxylic acids is 1. The average Bonchev–Trinajstić information content (AvgIpc) is 3.51. The highest BCUT2D eigenvalue weighted by molar-refractivity contribution is 7.89. The number of sulfonamides is 1. The second kappa shape index (κ2) is 8.70. The summed E-state index contributed by atoms with van der Waals surface area (Å²) >= 11 is 0. The molecule has 0 spiro atoms. The van der Waals surface area contributed by atoms with Crippen molar-refractivity contribution in [1.29, 1.82) is 0 Å². The van der Waals surface area contributed by atoms with Crippen LogP contribution in [0.15, 0.2) is 23.1 Å². The second-order valence-corrected chi connectivity index (χ2v) is 10.4. The van der Waals surface area contributed by atoms with Crippen LogP contribution >= 0.6 is 0 Å². The topological polar surface area (TPSA) is 99.3 Å². The molecule has 1 N–H and O–H groups in total. The lowest BCUT2D eigenvalue weighted by Gasteiger charge is -2.31. The molecule has 31 heavy (non-hydrogen) atoms. The van der Waals surface area contributed by atoms with Gasteiger partial charge in [0.15, 0.2) is 5.82 Å². The summed E-state index contributed by atoms with van der Waals surface area (Å²) < 4.78 is 27.2. The fraction of sp³-hybridized carbons (Fsp3) is 0.591. The number of H-pyrrole nitrogens is 1. The highest BCUT2D eigenvalue weighted by atomic mass is 32.2. The van der Waals surface area contributed by atoms with Crippen LogP contribution in [-0.2, 0) is 10.0 Å². The minimum absolute atomic E-state index is 0.108. The molecule has 0 radical (unpaired) electrons.